The number of nitrogens with zero attached hydrogens (tertiary/aromatic N) is 3. The lowest BCUT2D eigenvalue weighted by atomic mass is 10.2. The minimum Gasteiger partial charge on any atom is -0.444 e. The second kappa shape index (κ2) is 7.82. The number of nitrogens with one attached hydrogen (secondary N) is 2. The van der Waals surface area contributed by atoms with Gasteiger partial charge >= 0.3 is 11.8 Å². The Morgan fingerprint density at radius 3 is 2.75 bits per heavy atom. The normalized spacial score (nSPS) is 17.1. The fourth-order valence-electron chi connectivity index (χ4n) is 2.91. The van der Waals surface area contributed by atoms with Crippen LogP contribution in [-0.4, -0.2) is 43.3 Å². The quantitative estimate of drug-likeness (QED) is 0.733. The maximum absolute atomic E-state index is 12.4. The topological polar surface area (TPSA) is 134 Å². The van der Waals surface area contributed by atoms with Gasteiger partial charge in [0.2, 0.25) is 5.89 Å². The molecule has 3 rings (SSSR count). The maximum Gasteiger partial charge on any atom is 0.410 e. The molecule has 0 saturated carbocycles. The molecule has 1 saturated heterocycles. The number of thioether (sulfide) groups is 1. The van der Waals surface area contributed by atoms with E-state index in [4.69, 9.17) is 9.15 Å². The zero-order valence-corrected chi connectivity index (χ0v) is 17.0. The van der Waals surface area contributed by atoms with Crippen molar-refractivity contribution >= 4 is 17.9 Å². The third kappa shape index (κ3) is 4.64. The van der Waals surface area contributed by atoms with Crippen LogP contribution in [0.4, 0.5) is 4.79 Å². The van der Waals surface area contributed by atoms with E-state index in [0.717, 1.165) is 6.42 Å². The third-order valence-electron chi connectivity index (χ3n) is 4.18. The number of likely N-dealkylation sites (tertiary alicyclic amines) is 1. The average molecular weight is 409 g/mol. The van der Waals surface area contributed by atoms with Crippen LogP contribution >= 0.6 is 11.8 Å². The third-order valence-corrected chi connectivity index (χ3v) is 5.03. The molecule has 1 aliphatic rings. The summed E-state index contributed by atoms with van der Waals surface area (Å²) in [6.07, 6.45) is 1.13. The number of hydrogen-bond donors (Lipinski definition) is 2. The van der Waals surface area contributed by atoms with Gasteiger partial charge in [0.05, 0.1) is 0 Å². The number of amides is 1. The Balaban J connectivity index is 1.69. The van der Waals surface area contributed by atoms with Crippen LogP contribution in [0.2, 0.25) is 0 Å². The lowest BCUT2D eigenvalue weighted by Crippen LogP contribution is -2.36. The molecule has 28 heavy (non-hydrogen) atoms. The predicted octanol–water partition coefficient (Wildman–Crippen LogP) is 2.12. The molecule has 11 heteroatoms. The van der Waals surface area contributed by atoms with Crippen molar-refractivity contribution in [3.63, 3.8) is 0 Å². The van der Waals surface area contributed by atoms with E-state index in [1.165, 1.54) is 11.8 Å². The van der Waals surface area contributed by atoms with Gasteiger partial charge in [-0.05, 0) is 40.5 Å². The summed E-state index contributed by atoms with van der Waals surface area (Å²) in [5.74, 6) is 0.609. The minimum atomic E-state index is -0.582. The molecule has 3 heterocycles. The summed E-state index contributed by atoms with van der Waals surface area (Å²) in [6.45, 7) is 7.67. The predicted molar refractivity (Wildman–Crippen MR) is 101 cm³/mol. The average Bonchev–Trinajstić information content (AvgIpc) is 3.21. The Morgan fingerprint density at radius 1 is 1.32 bits per heavy atom. The van der Waals surface area contributed by atoms with Crippen LogP contribution in [0.25, 0.3) is 0 Å². The van der Waals surface area contributed by atoms with Crippen molar-refractivity contribution in [2.75, 3.05) is 6.54 Å². The molecule has 0 unspecified atom stereocenters. The Kier molecular flexibility index (Phi) is 5.64. The van der Waals surface area contributed by atoms with Crippen LogP contribution in [-0.2, 0) is 10.5 Å². The Labute approximate surface area is 165 Å². The number of aryl methyl sites for hydroxylation is 1. The summed E-state index contributed by atoms with van der Waals surface area (Å²) in [7, 11) is 0. The number of carbonyl (C=O) groups is 1. The molecule has 0 radical (unpaired) electrons. The van der Waals surface area contributed by atoms with Gasteiger partial charge in [0.25, 0.3) is 10.8 Å². The van der Waals surface area contributed by atoms with Gasteiger partial charge in [-0.1, -0.05) is 11.8 Å². The molecule has 0 aliphatic carbocycles. The molecule has 0 bridgehead atoms. The summed E-state index contributed by atoms with van der Waals surface area (Å²) in [5, 5.41) is 8.36. The van der Waals surface area contributed by atoms with E-state index >= 15 is 0 Å². The first-order chi connectivity index (χ1) is 13.1. The van der Waals surface area contributed by atoms with E-state index in [-0.39, 0.29) is 17.0 Å². The zero-order valence-electron chi connectivity index (χ0n) is 16.2. The first-order valence-electron chi connectivity index (χ1n) is 8.92. The van der Waals surface area contributed by atoms with E-state index in [9.17, 15) is 14.4 Å². The van der Waals surface area contributed by atoms with Gasteiger partial charge in [-0.15, -0.1) is 10.2 Å². The number of aromatic amines is 2. The van der Waals surface area contributed by atoms with Gasteiger partial charge in [0.1, 0.15) is 11.6 Å². The fourth-order valence-corrected chi connectivity index (χ4v) is 3.77. The molecule has 10 nitrogen and oxygen atoms in total. The molecule has 1 fully saturated rings. The second-order valence-electron chi connectivity index (χ2n) is 7.54. The Bertz CT molecular complexity index is 973. The largest absolute Gasteiger partial charge is 0.444 e. The smallest absolute Gasteiger partial charge is 0.410 e. The van der Waals surface area contributed by atoms with Crippen LogP contribution in [0.15, 0.2) is 19.2 Å². The van der Waals surface area contributed by atoms with E-state index < -0.39 is 22.9 Å². The molecular weight excluding hydrogens is 386 g/mol. The monoisotopic (exact) mass is 409 g/mol. The number of hydrogen-bond acceptors (Lipinski definition) is 8. The molecule has 2 N–H and O–H groups in total. The highest BCUT2D eigenvalue weighted by molar-refractivity contribution is 7.98. The maximum atomic E-state index is 12.4. The summed E-state index contributed by atoms with van der Waals surface area (Å²) in [4.78, 5) is 41.9. The Hall–Kier alpha value is -2.56. The van der Waals surface area contributed by atoms with Gasteiger partial charge in [-0.3, -0.25) is 14.7 Å². The standard InChI is InChI=1S/C17H23N5O5S/c1-9-10(12(23)19-14(24)18-9)8-28-15-21-20-13(26-15)11-6-5-7-22(11)16(25)27-17(2,3)4/h11H,5-8H2,1-4H3,(H2,18,19,23,24)/t11-/m0/s1. The van der Waals surface area contributed by atoms with Crippen molar-refractivity contribution in [3.8, 4) is 0 Å². The van der Waals surface area contributed by atoms with Crippen molar-refractivity contribution in [1.29, 1.82) is 0 Å². The van der Waals surface area contributed by atoms with Gasteiger partial charge in [-0.25, -0.2) is 9.59 Å². The molecule has 2 aromatic rings. The highest BCUT2D eigenvalue weighted by Gasteiger charge is 2.36. The fraction of sp³-hybridized carbons (Fsp3) is 0.588. The van der Waals surface area contributed by atoms with Crippen LogP contribution in [0.5, 0.6) is 0 Å². The second-order valence-corrected chi connectivity index (χ2v) is 8.47. The lowest BCUT2D eigenvalue weighted by molar-refractivity contribution is 0.0201. The molecule has 152 valence electrons. The van der Waals surface area contributed by atoms with Crippen LogP contribution in [0, 0.1) is 6.92 Å². The molecule has 0 aromatic carbocycles. The van der Waals surface area contributed by atoms with E-state index in [1.807, 2.05) is 20.8 Å². The molecule has 1 atom stereocenters. The van der Waals surface area contributed by atoms with Crippen molar-refractivity contribution < 1.29 is 13.9 Å². The lowest BCUT2D eigenvalue weighted by Gasteiger charge is -2.27. The summed E-state index contributed by atoms with van der Waals surface area (Å²) in [5.41, 5.74) is -0.643. The first kappa shape index (κ1) is 20.2. The number of aromatic nitrogens is 4. The van der Waals surface area contributed by atoms with Gasteiger partial charge in [0.15, 0.2) is 0 Å². The number of rotatable bonds is 4. The Morgan fingerprint density at radius 2 is 2.07 bits per heavy atom. The highest BCUT2D eigenvalue weighted by Crippen LogP contribution is 2.34. The van der Waals surface area contributed by atoms with Crippen LogP contribution < -0.4 is 11.2 Å². The van der Waals surface area contributed by atoms with Gasteiger partial charge in [-0.2, -0.15) is 0 Å². The molecule has 2 aromatic heterocycles. The molecule has 1 aliphatic heterocycles. The van der Waals surface area contributed by atoms with E-state index in [0.29, 0.717) is 30.1 Å². The van der Waals surface area contributed by atoms with Crippen molar-refractivity contribution in [3.05, 3.63) is 38.0 Å². The SMILES string of the molecule is Cc1[nH]c(=O)[nH]c(=O)c1CSc1nnc([C@@H]2CCCN2C(=O)OC(C)(C)C)o1. The molecular formula is C17H23N5O5S. The van der Waals surface area contributed by atoms with Crippen LogP contribution in [0.1, 0.15) is 56.8 Å². The van der Waals surface area contributed by atoms with E-state index in [2.05, 4.69) is 20.2 Å². The van der Waals surface area contributed by atoms with Crippen LogP contribution in [0.3, 0.4) is 0 Å². The highest BCUT2D eigenvalue weighted by atomic mass is 32.2. The van der Waals surface area contributed by atoms with E-state index in [1.54, 1.807) is 11.8 Å². The summed E-state index contributed by atoms with van der Waals surface area (Å²) in [6, 6.07) is -0.324. The number of ether oxygens (including phenoxy) is 1. The van der Waals surface area contributed by atoms with Crippen molar-refractivity contribution in [2.45, 2.75) is 63.2 Å². The van der Waals surface area contributed by atoms with Crippen molar-refractivity contribution in [2.24, 2.45) is 0 Å². The molecule has 1 amide bonds. The van der Waals surface area contributed by atoms with Gasteiger partial charge < -0.3 is 14.1 Å². The summed E-state index contributed by atoms with van der Waals surface area (Å²) < 4.78 is 11.2. The molecule has 0 spiro atoms. The summed E-state index contributed by atoms with van der Waals surface area (Å²) >= 11 is 1.19. The first-order valence-corrected chi connectivity index (χ1v) is 9.90. The van der Waals surface area contributed by atoms with Crippen molar-refractivity contribution in [1.82, 2.24) is 25.1 Å². The van der Waals surface area contributed by atoms with Gasteiger partial charge in [0, 0.05) is 23.6 Å². The number of H-pyrrole nitrogens is 2. The zero-order chi connectivity index (χ0) is 20.5. The minimum absolute atomic E-state index is 0.264. The number of carbonyl (C=O) groups excluding carboxylic acids is 1.